The topological polar surface area (TPSA) is 40.9 Å². The quantitative estimate of drug-likeness (QED) is 0.394. The van der Waals surface area contributed by atoms with Crippen LogP contribution in [0.3, 0.4) is 0 Å². The van der Waals surface area contributed by atoms with Crippen molar-refractivity contribution in [3.05, 3.63) is 12.7 Å². The Morgan fingerprint density at radius 1 is 1.53 bits per heavy atom. The highest BCUT2D eigenvalue weighted by Gasteiger charge is 2.24. The van der Waals surface area contributed by atoms with Crippen LogP contribution in [0, 0.1) is 23.2 Å². The second-order valence-corrected chi connectivity index (χ2v) is 10.9. The van der Waals surface area contributed by atoms with Crippen molar-refractivity contribution in [1.29, 1.82) is 5.26 Å². The highest BCUT2D eigenvalue weighted by atomic mass is 28.3. The summed E-state index contributed by atoms with van der Waals surface area (Å²) in [5.74, 6) is 0.292. The number of carbonyl (C=O) groups is 1. The molecule has 0 amide bonds. The number of rotatable bonds is 6. The second-order valence-electron chi connectivity index (χ2n) is 5.38. The Morgan fingerprint density at radius 3 is 2.40 bits per heavy atom. The monoisotopic (exact) mass is 223 g/mol. The molecule has 0 heterocycles. The molecule has 0 fully saturated rings. The Labute approximate surface area is 94.0 Å². The van der Waals surface area contributed by atoms with Gasteiger partial charge >= 0.3 is 0 Å². The third kappa shape index (κ3) is 6.24. The molecule has 84 valence electrons. The summed E-state index contributed by atoms with van der Waals surface area (Å²) in [5, 5.41) is 8.45. The van der Waals surface area contributed by atoms with E-state index in [1.165, 1.54) is 0 Å². The zero-order valence-corrected chi connectivity index (χ0v) is 11.2. The van der Waals surface area contributed by atoms with Gasteiger partial charge < -0.3 is 0 Å². The van der Waals surface area contributed by atoms with Gasteiger partial charge in [0.1, 0.15) is 6.07 Å². The first-order valence-electron chi connectivity index (χ1n) is 5.35. The van der Waals surface area contributed by atoms with Gasteiger partial charge in [-0.15, -0.1) is 6.58 Å². The van der Waals surface area contributed by atoms with Crippen LogP contribution >= 0.6 is 0 Å². The number of nitrogens with zero attached hydrogens (tertiary/aromatic N) is 1. The maximum absolute atomic E-state index is 11.0. The van der Waals surface area contributed by atoms with Crippen molar-refractivity contribution < 1.29 is 4.79 Å². The normalized spacial score (nSPS) is 15.1. The number of hydrogen-bond acceptors (Lipinski definition) is 2. The van der Waals surface area contributed by atoms with Crippen LogP contribution in [0.4, 0.5) is 0 Å². The van der Waals surface area contributed by atoms with Crippen molar-refractivity contribution in [2.45, 2.75) is 39.0 Å². The molecule has 2 atom stereocenters. The van der Waals surface area contributed by atoms with Crippen LogP contribution in [-0.4, -0.2) is 13.9 Å². The molecule has 0 aromatic rings. The van der Waals surface area contributed by atoms with Gasteiger partial charge in [0.15, 0.2) is 0 Å². The molecule has 0 saturated carbocycles. The van der Waals surface area contributed by atoms with Crippen LogP contribution in [0.2, 0.25) is 25.7 Å². The molecule has 0 aliphatic heterocycles. The lowest BCUT2D eigenvalue weighted by Crippen LogP contribution is -2.26. The fraction of sp³-hybridized carbons (Fsp3) is 0.667. The number of allylic oxidation sites excluding steroid dienone is 1. The molecule has 2 unspecified atom stereocenters. The van der Waals surface area contributed by atoms with Gasteiger partial charge in [0, 0.05) is 14.5 Å². The van der Waals surface area contributed by atoms with E-state index in [2.05, 4.69) is 26.2 Å². The molecule has 0 spiro atoms. The molecule has 0 saturated heterocycles. The summed E-state index contributed by atoms with van der Waals surface area (Å²) in [7, 11) is -1.13. The largest absolute Gasteiger partial charge is 0.283 e. The third-order valence-electron chi connectivity index (χ3n) is 2.51. The Kier molecular flexibility index (Phi) is 5.52. The van der Waals surface area contributed by atoms with Gasteiger partial charge in [-0.3, -0.25) is 4.79 Å². The number of Topliss-reactive ketones (excluding diaryl/α,β-unsaturated/α-hetero) is 1. The van der Waals surface area contributed by atoms with Crippen LogP contribution in [0.25, 0.3) is 0 Å². The minimum Gasteiger partial charge on any atom is -0.283 e. The predicted octanol–water partition coefficient (Wildman–Crippen LogP) is 3.25. The minimum absolute atomic E-state index is 0.237. The molecule has 0 aromatic heterocycles. The molecular weight excluding hydrogens is 202 g/mol. The molecule has 2 nitrogen and oxygen atoms in total. The van der Waals surface area contributed by atoms with Crippen LogP contribution < -0.4 is 0 Å². The average molecular weight is 223 g/mol. The van der Waals surface area contributed by atoms with Gasteiger partial charge in [0.2, 0.25) is 5.78 Å². The minimum atomic E-state index is -1.13. The first-order chi connectivity index (χ1) is 6.80. The van der Waals surface area contributed by atoms with Crippen LogP contribution in [0.1, 0.15) is 13.3 Å². The van der Waals surface area contributed by atoms with Gasteiger partial charge in [0.25, 0.3) is 0 Å². The van der Waals surface area contributed by atoms with E-state index in [9.17, 15) is 4.79 Å². The van der Waals surface area contributed by atoms with Crippen molar-refractivity contribution in [3.63, 3.8) is 0 Å². The first-order valence-corrected chi connectivity index (χ1v) is 9.06. The summed E-state index contributed by atoms with van der Waals surface area (Å²) < 4.78 is 0. The van der Waals surface area contributed by atoms with E-state index in [4.69, 9.17) is 5.26 Å². The zero-order valence-electron chi connectivity index (χ0n) is 10.2. The van der Waals surface area contributed by atoms with Gasteiger partial charge in [-0.25, -0.2) is 0 Å². The summed E-state index contributed by atoms with van der Waals surface area (Å²) >= 11 is 0. The van der Waals surface area contributed by atoms with E-state index in [1.807, 2.05) is 13.0 Å². The van der Waals surface area contributed by atoms with Crippen molar-refractivity contribution >= 4 is 13.9 Å². The van der Waals surface area contributed by atoms with E-state index in [0.29, 0.717) is 12.3 Å². The smallest absolute Gasteiger partial charge is 0.232 e. The summed E-state index contributed by atoms with van der Waals surface area (Å²) in [5.41, 5.74) is 0. The van der Waals surface area contributed by atoms with Crippen molar-refractivity contribution in [1.82, 2.24) is 0 Å². The summed E-state index contributed by atoms with van der Waals surface area (Å²) in [6.07, 6.45) is 2.30. The first kappa shape index (κ1) is 14.1. The molecular formula is C12H21NOSi. The maximum Gasteiger partial charge on any atom is 0.232 e. The van der Waals surface area contributed by atoms with Gasteiger partial charge in [-0.1, -0.05) is 38.7 Å². The van der Waals surface area contributed by atoms with Gasteiger partial charge in [-0.05, 0) is 11.8 Å². The summed E-state index contributed by atoms with van der Waals surface area (Å²) in [4.78, 5) is 11.0. The highest BCUT2D eigenvalue weighted by molar-refractivity contribution is 6.76. The molecule has 0 aromatic carbocycles. The Balaban J connectivity index is 4.36. The lowest BCUT2D eigenvalue weighted by molar-refractivity contribution is -0.114. The molecule has 0 bridgehead atoms. The van der Waals surface area contributed by atoms with Crippen molar-refractivity contribution in [3.8, 4) is 6.07 Å². The molecule has 15 heavy (non-hydrogen) atoms. The van der Waals surface area contributed by atoms with Crippen molar-refractivity contribution in [2.24, 2.45) is 11.8 Å². The van der Waals surface area contributed by atoms with E-state index in [1.54, 1.807) is 6.07 Å². The zero-order chi connectivity index (χ0) is 12.1. The molecule has 0 rings (SSSR count). The van der Waals surface area contributed by atoms with Gasteiger partial charge in [0.05, 0.1) is 0 Å². The van der Waals surface area contributed by atoms with Gasteiger partial charge in [-0.2, -0.15) is 5.26 Å². The maximum atomic E-state index is 11.0. The average Bonchev–Trinajstić information content (AvgIpc) is 2.12. The predicted molar refractivity (Wildman–Crippen MR) is 66.2 cm³/mol. The number of ketones is 1. The molecule has 0 N–H and O–H groups in total. The molecule has 3 heteroatoms. The standard InChI is InChI=1S/C12H21NOSi/c1-6-11(9-15(3,4)5)10(2)7-12(14)8-13/h6,10-11H,1,7,9H2,2-5H3. The number of hydrogen-bond donors (Lipinski definition) is 0. The molecule has 0 aliphatic carbocycles. The second kappa shape index (κ2) is 5.87. The lowest BCUT2D eigenvalue weighted by atomic mass is 9.91. The Morgan fingerprint density at radius 2 is 2.07 bits per heavy atom. The lowest BCUT2D eigenvalue weighted by Gasteiger charge is -2.26. The van der Waals surface area contributed by atoms with Crippen LogP contribution in [0.5, 0.6) is 0 Å². The van der Waals surface area contributed by atoms with Crippen molar-refractivity contribution in [2.75, 3.05) is 0 Å². The van der Waals surface area contributed by atoms with E-state index < -0.39 is 8.07 Å². The summed E-state index contributed by atoms with van der Waals surface area (Å²) in [6.45, 7) is 12.8. The fourth-order valence-electron chi connectivity index (χ4n) is 1.71. The Bertz CT molecular complexity index is 272. The SMILES string of the molecule is C=CC(C[Si](C)(C)C)C(C)CC(=O)C#N. The number of carbonyl (C=O) groups excluding carboxylic acids is 1. The van der Waals surface area contributed by atoms with E-state index in [0.717, 1.165) is 6.04 Å². The molecule has 0 radical (unpaired) electrons. The third-order valence-corrected chi connectivity index (χ3v) is 4.21. The Hall–Kier alpha value is -0.883. The fourth-order valence-corrected chi connectivity index (χ4v) is 3.70. The summed E-state index contributed by atoms with van der Waals surface area (Å²) in [6, 6.07) is 2.81. The van der Waals surface area contributed by atoms with Crippen LogP contribution in [0.15, 0.2) is 12.7 Å². The van der Waals surface area contributed by atoms with E-state index >= 15 is 0 Å². The molecule has 0 aliphatic rings. The highest BCUT2D eigenvalue weighted by Crippen LogP contribution is 2.26. The number of nitriles is 1. The van der Waals surface area contributed by atoms with Crippen LogP contribution in [-0.2, 0) is 4.79 Å². The van der Waals surface area contributed by atoms with E-state index in [-0.39, 0.29) is 11.7 Å².